The number of fused-ring (bicyclic) bond motifs is 2. The van der Waals surface area contributed by atoms with Gasteiger partial charge in [-0.1, -0.05) is 24.3 Å². The minimum atomic E-state index is -4.09. The monoisotopic (exact) mass is 646 g/mol. The van der Waals surface area contributed by atoms with E-state index in [4.69, 9.17) is 14.1 Å². The van der Waals surface area contributed by atoms with Gasteiger partial charge in [-0.05, 0) is 45.0 Å². The van der Waals surface area contributed by atoms with Crippen LogP contribution in [0.2, 0.25) is 0 Å². The molecule has 0 bridgehead atoms. The van der Waals surface area contributed by atoms with E-state index in [1.165, 1.54) is 40.0 Å². The number of carbonyl (C=O) groups excluding carboxylic acids is 1. The lowest BCUT2D eigenvalue weighted by molar-refractivity contribution is 0.0283. The number of nitrogens with zero attached hydrogens (tertiary/aromatic N) is 6. The van der Waals surface area contributed by atoms with Gasteiger partial charge in [0.05, 0.1) is 46.6 Å². The van der Waals surface area contributed by atoms with Gasteiger partial charge in [-0.3, -0.25) is 4.98 Å². The summed E-state index contributed by atoms with van der Waals surface area (Å²) in [6, 6.07) is 12.5. The zero-order chi connectivity index (χ0) is 32.8. The van der Waals surface area contributed by atoms with Crippen LogP contribution in [0.25, 0.3) is 22.4 Å². The Morgan fingerprint density at radius 2 is 1.93 bits per heavy atom. The Hall–Kier alpha value is -4.79. The lowest BCUT2D eigenvalue weighted by Gasteiger charge is -2.24. The Morgan fingerprint density at radius 1 is 1.13 bits per heavy atom. The zero-order valence-electron chi connectivity index (χ0n) is 25.5. The summed E-state index contributed by atoms with van der Waals surface area (Å²) in [5.74, 6) is -0.666. The second kappa shape index (κ2) is 11.9. The summed E-state index contributed by atoms with van der Waals surface area (Å²) in [5.41, 5.74) is 1.94. The quantitative estimate of drug-likeness (QED) is 0.257. The van der Waals surface area contributed by atoms with Crippen LogP contribution in [0.5, 0.6) is 0 Å². The van der Waals surface area contributed by atoms with Crippen LogP contribution >= 0.6 is 0 Å². The topological polar surface area (TPSA) is 152 Å². The van der Waals surface area contributed by atoms with Crippen LogP contribution in [0.15, 0.2) is 76.5 Å². The van der Waals surface area contributed by atoms with Crippen molar-refractivity contribution >= 4 is 27.0 Å². The maximum atomic E-state index is 14.8. The second-order valence-electron chi connectivity index (χ2n) is 11.9. The van der Waals surface area contributed by atoms with Gasteiger partial charge in [-0.15, -0.1) is 0 Å². The molecule has 14 heteroatoms. The number of hydrogen-bond acceptors (Lipinski definition) is 10. The molecular weight excluding hydrogens is 615 g/mol. The average molecular weight is 647 g/mol. The molecule has 0 spiro atoms. The molecular formula is C32H31FN6O6S. The standard InChI is InChI=1S/C32H31FN6O6S/c1-32(2,3)45-31(41)38(4)17-21-9-8-19-6-5-7-24(27(19)36-21)28(40)29-35-15-20-16-39(18-26(20)37-29)46(42,43)22-10-11-23(25(33)14-22)30-34-12-13-44-30/h5-15,28,40H,16-18H2,1-4H3. The van der Waals surface area contributed by atoms with E-state index in [0.717, 1.165) is 11.5 Å². The predicted octanol–water partition coefficient (Wildman–Crippen LogP) is 4.97. The van der Waals surface area contributed by atoms with Crippen LogP contribution in [0.1, 0.15) is 55.2 Å². The summed E-state index contributed by atoms with van der Waals surface area (Å²) in [4.78, 5) is 31.2. The molecule has 0 fully saturated rings. The Morgan fingerprint density at radius 3 is 2.65 bits per heavy atom. The lowest BCUT2D eigenvalue weighted by atomic mass is 10.0. The first-order valence-electron chi connectivity index (χ1n) is 14.3. The SMILES string of the molecule is CN(Cc1ccc2cccc(C(O)c3ncc4c(n3)CN(S(=O)(=O)c3ccc(-c5ncco5)c(F)c3)C4)c2n1)C(=O)OC(C)(C)C. The Kier molecular flexibility index (Phi) is 8.04. The van der Waals surface area contributed by atoms with Crippen LogP contribution in [0, 0.1) is 5.82 Å². The number of oxazole rings is 1. The van der Waals surface area contributed by atoms with Gasteiger partial charge >= 0.3 is 6.09 Å². The predicted molar refractivity (Wildman–Crippen MR) is 164 cm³/mol. The number of rotatable bonds is 7. The molecule has 0 saturated heterocycles. The third kappa shape index (κ3) is 6.18. The molecule has 5 aromatic rings. The average Bonchev–Trinajstić information content (AvgIpc) is 3.70. The number of amides is 1. The molecule has 46 heavy (non-hydrogen) atoms. The largest absolute Gasteiger partial charge is 0.444 e. The molecule has 0 aliphatic carbocycles. The molecule has 1 atom stereocenters. The van der Waals surface area contributed by atoms with Crippen molar-refractivity contribution in [1.29, 1.82) is 0 Å². The number of halogens is 1. The normalized spacial score (nSPS) is 14.3. The fourth-order valence-electron chi connectivity index (χ4n) is 5.08. The summed E-state index contributed by atoms with van der Waals surface area (Å²) >= 11 is 0. The number of sulfonamides is 1. The smallest absolute Gasteiger partial charge is 0.410 e. The van der Waals surface area contributed by atoms with Gasteiger partial charge < -0.3 is 19.2 Å². The molecule has 6 rings (SSSR count). The number of ether oxygens (including phenoxy) is 1. The van der Waals surface area contributed by atoms with Crippen molar-refractivity contribution in [3.8, 4) is 11.5 Å². The van der Waals surface area contributed by atoms with E-state index < -0.39 is 33.6 Å². The van der Waals surface area contributed by atoms with Crippen LogP contribution in [-0.4, -0.2) is 61.4 Å². The Bertz CT molecular complexity index is 2050. The molecule has 1 aliphatic rings. The van der Waals surface area contributed by atoms with Crippen molar-refractivity contribution in [1.82, 2.24) is 29.1 Å². The maximum absolute atomic E-state index is 14.8. The Labute approximate surface area is 264 Å². The number of carbonyl (C=O) groups is 1. The number of hydrogen-bond donors (Lipinski definition) is 1. The molecule has 4 heterocycles. The summed E-state index contributed by atoms with van der Waals surface area (Å²) in [5, 5.41) is 12.2. The van der Waals surface area contributed by atoms with Gasteiger partial charge in [0.1, 0.15) is 23.8 Å². The Balaban J connectivity index is 1.22. The molecule has 1 amide bonds. The molecule has 0 radical (unpaired) electrons. The van der Waals surface area contributed by atoms with Crippen molar-refractivity contribution in [2.75, 3.05) is 7.05 Å². The van der Waals surface area contributed by atoms with E-state index in [1.54, 1.807) is 46.0 Å². The van der Waals surface area contributed by atoms with Crippen molar-refractivity contribution in [2.45, 2.75) is 57.0 Å². The van der Waals surface area contributed by atoms with E-state index in [-0.39, 0.29) is 41.8 Å². The summed E-state index contributed by atoms with van der Waals surface area (Å²) in [6.07, 6.45) is 2.40. The third-order valence-electron chi connectivity index (χ3n) is 7.34. The van der Waals surface area contributed by atoms with Crippen LogP contribution in [0.3, 0.4) is 0 Å². The molecule has 2 aromatic carbocycles. The number of pyridine rings is 1. The highest BCUT2D eigenvalue weighted by molar-refractivity contribution is 7.89. The van der Waals surface area contributed by atoms with E-state index in [1.807, 2.05) is 12.1 Å². The molecule has 1 N–H and O–H groups in total. The highest BCUT2D eigenvalue weighted by atomic mass is 32.2. The highest BCUT2D eigenvalue weighted by Gasteiger charge is 2.33. The summed E-state index contributed by atoms with van der Waals surface area (Å²) < 4.78 is 53.4. The van der Waals surface area contributed by atoms with Crippen LogP contribution in [-0.2, 0) is 34.4 Å². The minimum absolute atomic E-state index is 0.0124. The number of aliphatic hydroxyl groups excluding tert-OH is 1. The van der Waals surface area contributed by atoms with E-state index in [2.05, 4.69) is 15.0 Å². The molecule has 0 saturated carbocycles. The summed E-state index contributed by atoms with van der Waals surface area (Å²) in [6.45, 7) is 5.46. The molecule has 1 aliphatic heterocycles. The zero-order valence-corrected chi connectivity index (χ0v) is 26.3. The molecule has 1 unspecified atom stereocenters. The first-order chi connectivity index (χ1) is 21.8. The lowest BCUT2D eigenvalue weighted by Crippen LogP contribution is -2.34. The molecule has 12 nitrogen and oxygen atoms in total. The van der Waals surface area contributed by atoms with Crippen molar-refractivity contribution in [2.24, 2.45) is 0 Å². The van der Waals surface area contributed by atoms with E-state index >= 15 is 0 Å². The first kappa shape index (κ1) is 31.2. The van der Waals surface area contributed by atoms with Crippen molar-refractivity contribution < 1.29 is 31.9 Å². The van der Waals surface area contributed by atoms with Gasteiger partial charge in [0.15, 0.2) is 5.82 Å². The molecule has 238 valence electrons. The van der Waals surface area contributed by atoms with Gasteiger partial charge in [-0.25, -0.2) is 32.6 Å². The van der Waals surface area contributed by atoms with Crippen LogP contribution in [0.4, 0.5) is 9.18 Å². The summed E-state index contributed by atoms with van der Waals surface area (Å²) in [7, 11) is -2.48. The fourth-order valence-corrected chi connectivity index (χ4v) is 6.47. The van der Waals surface area contributed by atoms with Crippen molar-refractivity contribution in [3.63, 3.8) is 0 Å². The van der Waals surface area contributed by atoms with Gasteiger partial charge in [0.25, 0.3) is 0 Å². The van der Waals surface area contributed by atoms with E-state index in [9.17, 15) is 22.7 Å². The van der Waals surface area contributed by atoms with Gasteiger partial charge in [0.2, 0.25) is 15.9 Å². The highest BCUT2D eigenvalue weighted by Crippen LogP contribution is 2.32. The van der Waals surface area contributed by atoms with E-state index in [0.29, 0.717) is 28.0 Å². The number of para-hydroxylation sites is 1. The third-order valence-corrected chi connectivity index (χ3v) is 9.13. The fraction of sp³-hybridized carbons (Fsp3) is 0.281. The molecule has 3 aromatic heterocycles. The first-order valence-corrected chi connectivity index (χ1v) is 15.8. The number of aromatic nitrogens is 4. The number of aliphatic hydroxyl groups is 1. The van der Waals surface area contributed by atoms with Crippen molar-refractivity contribution in [3.05, 3.63) is 101 Å². The van der Waals surface area contributed by atoms with Crippen LogP contribution < -0.4 is 0 Å². The number of benzene rings is 2. The van der Waals surface area contributed by atoms with Gasteiger partial charge in [-0.2, -0.15) is 4.31 Å². The maximum Gasteiger partial charge on any atom is 0.410 e. The van der Waals surface area contributed by atoms with Gasteiger partial charge in [0, 0.05) is 36.3 Å². The minimum Gasteiger partial charge on any atom is -0.444 e. The second-order valence-corrected chi connectivity index (χ2v) is 13.9.